The Morgan fingerprint density at radius 1 is 1.15 bits per heavy atom. The van der Waals surface area contributed by atoms with Gasteiger partial charge in [0.1, 0.15) is 11.6 Å². The molecule has 0 radical (unpaired) electrons. The van der Waals surface area contributed by atoms with Gasteiger partial charge >= 0.3 is 0 Å². The van der Waals surface area contributed by atoms with Gasteiger partial charge in [-0.2, -0.15) is 9.78 Å². The standard InChI is InChI=1S/C24H24N4O4S2/c1-5-32-17-9-6-14(10-18(17)31-4)22-21-13(2)27-28(23(21)26-20(29)12-33-22)24-25-16-8-7-15(30-3)11-19(16)34-24/h6-11,22H,5,12H2,1-4H3,(H,26,29)/t22-/m1/s1. The molecule has 5 rings (SSSR count). The number of amides is 1. The van der Waals surface area contributed by atoms with Gasteiger partial charge in [0, 0.05) is 5.56 Å². The van der Waals surface area contributed by atoms with Gasteiger partial charge in [-0.25, -0.2) is 4.98 Å². The van der Waals surface area contributed by atoms with Gasteiger partial charge in [-0.1, -0.05) is 17.4 Å². The zero-order valence-electron chi connectivity index (χ0n) is 19.2. The van der Waals surface area contributed by atoms with Crippen molar-refractivity contribution in [3.8, 4) is 22.4 Å². The number of thiazole rings is 1. The average Bonchev–Trinajstić information content (AvgIpc) is 3.34. The number of thioether (sulfide) groups is 1. The van der Waals surface area contributed by atoms with E-state index in [1.165, 1.54) is 11.3 Å². The lowest BCUT2D eigenvalue weighted by Crippen LogP contribution is -2.15. The molecule has 0 saturated carbocycles. The summed E-state index contributed by atoms with van der Waals surface area (Å²) in [7, 11) is 3.27. The third-order valence-electron chi connectivity index (χ3n) is 5.56. The van der Waals surface area contributed by atoms with Crippen LogP contribution in [-0.2, 0) is 4.79 Å². The van der Waals surface area contributed by atoms with Crippen LogP contribution in [0.2, 0.25) is 0 Å². The number of nitrogens with zero attached hydrogens (tertiary/aromatic N) is 3. The third kappa shape index (κ3) is 3.97. The van der Waals surface area contributed by atoms with Crippen molar-refractivity contribution >= 4 is 45.0 Å². The number of hydrogen-bond donors (Lipinski definition) is 1. The summed E-state index contributed by atoms with van der Waals surface area (Å²) >= 11 is 3.06. The van der Waals surface area contributed by atoms with E-state index in [9.17, 15) is 4.79 Å². The fourth-order valence-electron chi connectivity index (χ4n) is 4.02. The fourth-order valence-corrected chi connectivity index (χ4v) is 6.15. The smallest absolute Gasteiger partial charge is 0.235 e. The van der Waals surface area contributed by atoms with Gasteiger partial charge in [0.2, 0.25) is 11.0 Å². The van der Waals surface area contributed by atoms with E-state index < -0.39 is 0 Å². The summed E-state index contributed by atoms with van der Waals surface area (Å²) in [6.45, 7) is 4.45. The first kappa shape index (κ1) is 22.5. The summed E-state index contributed by atoms with van der Waals surface area (Å²) in [5.74, 6) is 3.03. The van der Waals surface area contributed by atoms with E-state index in [-0.39, 0.29) is 11.2 Å². The first-order valence-electron chi connectivity index (χ1n) is 10.8. The molecule has 34 heavy (non-hydrogen) atoms. The van der Waals surface area contributed by atoms with Crippen molar-refractivity contribution in [3.63, 3.8) is 0 Å². The van der Waals surface area contributed by atoms with Crippen LogP contribution in [0.5, 0.6) is 17.2 Å². The summed E-state index contributed by atoms with van der Waals surface area (Å²) in [6.07, 6.45) is 0. The Bertz CT molecular complexity index is 1380. The van der Waals surface area contributed by atoms with Crippen LogP contribution in [0.4, 0.5) is 5.82 Å². The van der Waals surface area contributed by atoms with Crippen LogP contribution in [0.25, 0.3) is 15.3 Å². The molecule has 4 aromatic rings. The number of aromatic nitrogens is 3. The Balaban J connectivity index is 1.62. The van der Waals surface area contributed by atoms with E-state index in [4.69, 9.17) is 24.3 Å². The molecule has 0 bridgehead atoms. The summed E-state index contributed by atoms with van der Waals surface area (Å²) < 4.78 is 19.3. The molecule has 1 atom stereocenters. The highest BCUT2D eigenvalue weighted by atomic mass is 32.2. The summed E-state index contributed by atoms with van der Waals surface area (Å²) in [6, 6.07) is 11.7. The van der Waals surface area contributed by atoms with E-state index >= 15 is 0 Å². The number of hydrogen-bond acceptors (Lipinski definition) is 8. The zero-order chi connectivity index (χ0) is 23.8. The maximum Gasteiger partial charge on any atom is 0.235 e. The molecule has 2 aromatic carbocycles. The van der Waals surface area contributed by atoms with Crippen LogP contribution in [0.15, 0.2) is 36.4 Å². The number of fused-ring (bicyclic) bond motifs is 2. The fraction of sp³-hybridized carbons (Fsp3) is 0.292. The Morgan fingerprint density at radius 2 is 2.00 bits per heavy atom. The van der Waals surface area contributed by atoms with Crippen LogP contribution < -0.4 is 19.5 Å². The van der Waals surface area contributed by atoms with E-state index in [0.717, 1.165) is 32.8 Å². The van der Waals surface area contributed by atoms with Crippen LogP contribution in [0, 0.1) is 6.92 Å². The van der Waals surface area contributed by atoms with E-state index in [1.54, 1.807) is 30.7 Å². The number of rotatable bonds is 6. The second kappa shape index (κ2) is 9.19. The molecule has 176 valence electrons. The lowest BCUT2D eigenvalue weighted by atomic mass is 10.0. The average molecular weight is 497 g/mol. The molecule has 0 fully saturated rings. The van der Waals surface area contributed by atoms with Crippen LogP contribution in [0.1, 0.15) is 29.0 Å². The first-order chi connectivity index (χ1) is 16.5. The first-order valence-corrected chi connectivity index (χ1v) is 12.7. The van der Waals surface area contributed by atoms with Crippen molar-refractivity contribution in [1.29, 1.82) is 0 Å². The molecule has 0 spiro atoms. The highest BCUT2D eigenvalue weighted by Crippen LogP contribution is 2.46. The van der Waals surface area contributed by atoms with Crippen molar-refractivity contribution in [2.45, 2.75) is 19.1 Å². The topological polar surface area (TPSA) is 87.5 Å². The number of nitrogens with one attached hydrogen (secondary N) is 1. The lowest BCUT2D eigenvalue weighted by Gasteiger charge is -2.17. The third-order valence-corrected chi connectivity index (χ3v) is 7.83. The van der Waals surface area contributed by atoms with Gasteiger partial charge in [0.15, 0.2) is 11.5 Å². The summed E-state index contributed by atoms with van der Waals surface area (Å²) in [4.78, 5) is 17.4. The zero-order valence-corrected chi connectivity index (χ0v) is 20.9. The van der Waals surface area contributed by atoms with E-state index in [1.807, 2.05) is 50.2 Å². The van der Waals surface area contributed by atoms with Crippen molar-refractivity contribution < 1.29 is 19.0 Å². The van der Waals surface area contributed by atoms with Gasteiger partial charge in [-0.05, 0) is 49.7 Å². The predicted molar refractivity (Wildman–Crippen MR) is 135 cm³/mol. The van der Waals surface area contributed by atoms with Crippen LogP contribution in [0.3, 0.4) is 0 Å². The molecule has 10 heteroatoms. The molecular weight excluding hydrogens is 472 g/mol. The maximum absolute atomic E-state index is 12.7. The Hall–Kier alpha value is -3.24. The minimum absolute atomic E-state index is 0.0735. The molecule has 8 nitrogen and oxygen atoms in total. The number of anilines is 1. The van der Waals surface area contributed by atoms with Crippen molar-refractivity contribution in [2.24, 2.45) is 0 Å². The Labute approximate surface area is 205 Å². The van der Waals surface area contributed by atoms with E-state index in [0.29, 0.717) is 34.8 Å². The Kier molecular flexibility index (Phi) is 6.09. The SMILES string of the molecule is CCOc1ccc([C@H]2SCC(=O)Nc3c2c(C)nn3-c2nc3ccc(OC)cc3s2)cc1OC. The number of ether oxygens (including phenoxy) is 3. The molecule has 1 N–H and O–H groups in total. The molecule has 1 amide bonds. The van der Waals surface area contributed by atoms with Gasteiger partial charge in [-0.15, -0.1) is 11.8 Å². The molecule has 0 unspecified atom stereocenters. The van der Waals surface area contributed by atoms with Gasteiger partial charge in [-0.3, -0.25) is 4.79 Å². The van der Waals surface area contributed by atoms with Gasteiger partial charge < -0.3 is 19.5 Å². The second-order valence-electron chi connectivity index (χ2n) is 7.67. The van der Waals surface area contributed by atoms with Crippen LogP contribution in [-0.4, -0.2) is 47.3 Å². The monoisotopic (exact) mass is 496 g/mol. The number of benzene rings is 2. The molecular formula is C24H24N4O4S2. The van der Waals surface area contributed by atoms with Crippen LogP contribution >= 0.6 is 23.1 Å². The minimum Gasteiger partial charge on any atom is -0.497 e. The minimum atomic E-state index is -0.109. The van der Waals surface area contributed by atoms with Gasteiger partial charge in [0.25, 0.3) is 0 Å². The number of carbonyl (C=O) groups is 1. The Morgan fingerprint density at radius 3 is 2.76 bits per heavy atom. The van der Waals surface area contributed by atoms with Gasteiger partial charge in [0.05, 0.1) is 47.7 Å². The highest BCUT2D eigenvalue weighted by Gasteiger charge is 2.32. The summed E-state index contributed by atoms with van der Waals surface area (Å²) in [5, 5.41) is 8.43. The second-order valence-corrected chi connectivity index (χ2v) is 9.77. The number of carbonyl (C=O) groups excluding carboxylic acids is 1. The molecule has 2 aromatic heterocycles. The van der Waals surface area contributed by atoms with Crippen molar-refractivity contribution in [3.05, 3.63) is 53.2 Å². The molecule has 0 aliphatic carbocycles. The molecule has 3 heterocycles. The number of methoxy groups -OCH3 is 2. The van der Waals surface area contributed by atoms with E-state index in [2.05, 4.69) is 5.32 Å². The predicted octanol–water partition coefficient (Wildman–Crippen LogP) is 4.98. The molecule has 1 aliphatic rings. The largest absolute Gasteiger partial charge is 0.497 e. The summed E-state index contributed by atoms with van der Waals surface area (Å²) in [5.41, 5.74) is 3.66. The molecule has 1 aliphatic heterocycles. The number of aryl methyl sites for hydroxylation is 1. The van der Waals surface area contributed by atoms with Crippen molar-refractivity contribution in [2.75, 3.05) is 31.9 Å². The lowest BCUT2D eigenvalue weighted by molar-refractivity contribution is -0.113. The normalized spacial score (nSPS) is 15.5. The quantitative estimate of drug-likeness (QED) is 0.403. The molecule has 0 saturated heterocycles. The highest BCUT2D eigenvalue weighted by molar-refractivity contribution is 8.00. The van der Waals surface area contributed by atoms with Crippen molar-refractivity contribution in [1.82, 2.24) is 14.8 Å². The maximum atomic E-state index is 12.7.